The molecule has 0 aliphatic rings. The molecule has 0 aliphatic carbocycles. The first kappa shape index (κ1) is 30.1. The molecule has 8 heteroatoms. The van der Waals surface area contributed by atoms with Crippen molar-refractivity contribution in [3.63, 3.8) is 0 Å². The van der Waals surface area contributed by atoms with Gasteiger partial charge in [0.05, 0.1) is 12.2 Å². The maximum Gasteiger partial charge on any atom is 0.326 e. The van der Waals surface area contributed by atoms with Gasteiger partial charge in [-0.3, -0.25) is 0 Å². The van der Waals surface area contributed by atoms with Crippen molar-refractivity contribution in [1.29, 1.82) is 0 Å². The molecular weight excluding hydrogens is 497 g/mol. The maximum absolute atomic E-state index is 13.7. The fraction of sp³-hybridized carbons (Fsp3) is 0.387. The summed E-state index contributed by atoms with van der Waals surface area (Å²) in [7, 11) is 0. The van der Waals surface area contributed by atoms with Crippen molar-refractivity contribution in [2.45, 2.75) is 70.2 Å². The van der Waals surface area contributed by atoms with Gasteiger partial charge in [0.1, 0.15) is 11.9 Å². The Morgan fingerprint density at radius 3 is 2.46 bits per heavy atom. The Morgan fingerprint density at radius 2 is 1.82 bits per heavy atom. The van der Waals surface area contributed by atoms with Crippen LogP contribution in [0.5, 0.6) is 0 Å². The lowest BCUT2D eigenvalue weighted by Gasteiger charge is -2.20. The number of hydrogen-bond acceptors (Lipinski definition) is 5. The summed E-state index contributed by atoms with van der Waals surface area (Å²) in [5.41, 5.74) is 9.60. The Balaban J connectivity index is 1.77. The van der Waals surface area contributed by atoms with Crippen LogP contribution in [0, 0.1) is 5.82 Å². The van der Waals surface area contributed by atoms with Gasteiger partial charge in [0, 0.05) is 46.7 Å². The van der Waals surface area contributed by atoms with E-state index in [9.17, 15) is 24.5 Å². The van der Waals surface area contributed by atoms with Crippen LogP contribution in [0.2, 0.25) is 0 Å². The minimum absolute atomic E-state index is 0.0515. The number of hydrogen-bond donors (Lipinski definition) is 5. The third-order valence-corrected chi connectivity index (χ3v) is 6.69. The molecular formula is C31H40FN3O4. The zero-order valence-electron chi connectivity index (χ0n) is 22.7. The van der Waals surface area contributed by atoms with Crippen LogP contribution >= 0.6 is 0 Å². The molecule has 6 N–H and O–H groups in total. The summed E-state index contributed by atoms with van der Waals surface area (Å²) in [6, 6.07) is 13.7. The Hall–Kier alpha value is -3.46. The molecule has 39 heavy (non-hydrogen) atoms. The number of nitrogens with two attached hydrogens (primary N) is 1. The highest BCUT2D eigenvalue weighted by molar-refractivity contribution is 6.01. The molecule has 7 nitrogen and oxygen atoms in total. The molecule has 210 valence electrons. The predicted molar refractivity (Wildman–Crippen MR) is 155 cm³/mol. The van der Waals surface area contributed by atoms with E-state index in [1.807, 2.05) is 30.3 Å². The van der Waals surface area contributed by atoms with Gasteiger partial charge in [0.25, 0.3) is 0 Å². The van der Waals surface area contributed by atoms with Gasteiger partial charge in [-0.25, -0.2) is 9.18 Å². The minimum atomic E-state index is -0.983. The lowest BCUT2D eigenvalue weighted by molar-refractivity contribution is -0.139. The molecule has 0 unspecified atom stereocenters. The second kappa shape index (κ2) is 14.1. The Bertz CT molecular complexity index is 1280. The smallest absolute Gasteiger partial charge is 0.326 e. The summed E-state index contributed by atoms with van der Waals surface area (Å²) >= 11 is 0. The normalized spacial score (nSPS) is 14.1. The van der Waals surface area contributed by atoms with Gasteiger partial charge >= 0.3 is 5.97 Å². The van der Waals surface area contributed by atoms with Crippen LogP contribution in [0.1, 0.15) is 57.7 Å². The van der Waals surface area contributed by atoms with Crippen LogP contribution in [-0.4, -0.2) is 50.7 Å². The van der Waals surface area contributed by atoms with E-state index in [0.29, 0.717) is 25.1 Å². The van der Waals surface area contributed by atoms with E-state index in [0.717, 1.165) is 34.1 Å². The first-order valence-corrected chi connectivity index (χ1v) is 13.4. The molecule has 3 aromatic rings. The highest BCUT2D eigenvalue weighted by atomic mass is 19.1. The number of aliphatic carboxylic acids is 1. The third-order valence-electron chi connectivity index (χ3n) is 6.69. The molecule has 1 heterocycles. The number of fused-ring (bicyclic) bond motifs is 1. The van der Waals surface area contributed by atoms with Crippen LogP contribution < -0.4 is 11.1 Å². The van der Waals surface area contributed by atoms with E-state index in [2.05, 4.69) is 30.3 Å². The standard InChI is InChI=1S/C31H40FN3O4/c1-20(2)35-28-10-5-4-8-26(28)30(22-11-13-23(32)14-12-22)29(35)16-15-24(36)19-25(37)18-21(3)34-27(31(38)39)9-6-7-17-33/h4-5,8,10-16,20,24-25,27,34,36-37H,3,6-7,9,17-19,33H2,1-2H3,(H,38,39)/b16-15+/t24-,25+,27-/m0/s1. The zero-order chi connectivity index (χ0) is 28.5. The number of unbranched alkanes of at least 4 members (excludes halogenated alkanes) is 1. The summed E-state index contributed by atoms with van der Waals surface area (Å²) < 4.78 is 15.9. The van der Waals surface area contributed by atoms with Crippen molar-refractivity contribution in [1.82, 2.24) is 9.88 Å². The number of carbonyl (C=O) groups is 1. The number of halogens is 1. The fourth-order valence-corrected chi connectivity index (χ4v) is 4.91. The van der Waals surface area contributed by atoms with Gasteiger partial charge in [-0.1, -0.05) is 43.0 Å². The van der Waals surface area contributed by atoms with Crippen molar-refractivity contribution in [3.8, 4) is 11.1 Å². The molecule has 0 fully saturated rings. The van der Waals surface area contributed by atoms with Crippen LogP contribution in [0.15, 0.2) is 66.9 Å². The number of aliphatic hydroxyl groups excluding tert-OH is 2. The average Bonchev–Trinajstić information content (AvgIpc) is 3.21. The highest BCUT2D eigenvalue weighted by Crippen LogP contribution is 2.38. The van der Waals surface area contributed by atoms with Gasteiger partial charge in [-0.05, 0) is 69.5 Å². The van der Waals surface area contributed by atoms with Gasteiger partial charge in [0.15, 0.2) is 0 Å². The lowest BCUT2D eigenvalue weighted by Crippen LogP contribution is -2.37. The third kappa shape index (κ3) is 8.02. The first-order valence-electron chi connectivity index (χ1n) is 13.4. The van der Waals surface area contributed by atoms with E-state index in [1.165, 1.54) is 12.1 Å². The van der Waals surface area contributed by atoms with E-state index in [-0.39, 0.29) is 24.7 Å². The molecule has 0 spiro atoms. The molecule has 0 saturated carbocycles. The molecule has 0 bridgehead atoms. The summed E-state index contributed by atoms with van der Waals surface area (Å²) in [6.07, 6.45) is 3.60. The second-order valence-electron chi connectivity index (χ2n) is 10.2. The second-order valence-corrected chi connectivity index (χ2v) is 10.2. The van der Waals surface area contributed by atoms with Crippen LogP contribution in [0.25, 0.3) is 28.1 Å². The van der Waals surface area contributed by atoms with Crippen LogP contribution in [-0.2, 0) is 4.79 Å². The summed E-state index contributed by atoms with van der Waals surface area (Å²) in [4.78, 5) is 11.5. The van der Waals surface area contributed by atoms with E-state index < -0.39 is 24.2 Å². The van der Waals surface area contributed by atoms with Crippen molar-refractivity contribution in [2.75, 3.05) is 6.54 Å². The summed E-state index contributed by atoms with van der Waals surface area (Å²) in [5.74, 6) is -1.29. The Morgan fingerprint density at radius 1 is 1.13 bits per heavy atom. The number of para-hydroxylation sites is 1. The van der Waals surface area contributed by atoms with Gasteiger partial charge in [-0.15, -0.1) is 0 Å². The molecule has 3 rings (SSSR count). The number of nitrogens with one attached hydrogen (secondary N) is 1. The van der Waals surface area contributed by atoms with Crippen LogP contribution in [0.3, 0.4) is 0 Å². The Kier molecular flexibility index (Phi) is 10.9. The van der Waals surface area contributed by atoms with E-state index in [4.69, 9.17) is 5.73 Å². The number of rotatable bonds is 15. The average molecular weight is 538 g/mol. The summed E-state index contributed by atoms with van der Waals surface area (Å²) in [5, 5.41) is 34.7. The number of nitrogens with zero attached hydrogens (tertiary/aromatic N) is 1. The van der Waals surface area contributed by atoms with Crippen molar-refractivity contribution >= 4 is 22.9 Å². The van der Waals surface area contributed by atoms with Gasteiger partial charge in [0.2, 0.25) is 0 Å². The summed E-state index contributed by atoms with van der Waals surface area (Å²) in [6.45, 7) is 8.53. The fourth-order valence-electron chi connectivity index (χ4n) is 4.91. The molecule has 0 radical (unpaired) electrons. The van der Waals surface area contributed by atoms with E-state index >= 15 is 0 Å². The van der Waals surface area contributed by atoms with Crippen molar-refractivity contribution in [3.05, 3.63) is 78.4 Å². The molecule has 2 aromatic carbocycles. The van der Waals surface area contributed by atoms with Crippen molar-refractivity contribution < 1.29 is 24.5 Å². The molecule has 0 aliphatic heterocycles. The molecule has 3 atom stereocenters. The van der Waals surface area contributed by atoms with Gasteiger partial charge < -0.3 is 30.9 Å². The maximum atomic E-state index is 13.7. The molecule has 0 amide bonds. The van der Waals surface area contributed by atoms with Crippen LogP contribution in [0.4, 0.5) is 4.39 Å². The number of aliphatic hydroxyl groups is 2. The van der Waals surface area contributed by atoms with E-state index in [1.54, 1.807) is 18.2 Å². The quantitative estimate of drug-likeness (QED) is 0.169. The van der Waals surface area contributed by atoms with Crippen molar-refractivity contribution in [2.24, 2.45) is 5.73 Å². The molecule has 0 saturated heterocycles. The van der Waals surface area contributed by atoms with Gasteiger partial charge in [-0.2, -0.15) is 0 Å². The monoisotopic (exact) mass is 537 g/mol. The number of aromatic nitrogens is 1. The zero-order valence-corrected chi connectivity index (χ0v) is 22.7. The molecule has 1 aromatic heterocycles. The first-order chi connectivity index (χ1) is 18.6. The lowest BCUT2D eigenvalue weighted by atomic mass is 10.0. The Labute approximate surface area is 229 Å². The largest absolute Gasteiger partial charge is 0.480 e. The number of benzene rings is 2. The topological polar surface area (TPSA) is 121 Å². The minimum Gasteiger partial charge on any atom is -0.480 e. The number of carboxylic acids is 1. The highest BCUT2D eigenvalue weighted by Gasteiger charge is 2.21. The number of carboxylic acid groups (broad SMARTS) is 1. The predicted octanol–water partition coefficient (Wildman–Crippen LogP) is 5.23. The SMILES string of the molecule is C=C(C[C@@H](O)C[C@@H](O)/C=C/c1c(-c2ccc(F)cc2)c2ccccc2n1C(C)C)N[C@@H](CCCCN)C(=O)O.